The van der Waals surface area contributed by atoms with Gasteiger partial charge in [-0.1, -0.05) is 25.0 Å². The summed E-state index contributed by atoms with van der Waals surface area (Å²) < 4.78 is 7.22. The Morgan fingerprint density at radius 3 is 2.71 bits per heavy atom. The van der Waals surface area contributed by atoms with Crippen molar-refractivity contribution >= 4 is 17.3 Å². The third-order valence-corrected chi connectivity index (χ3v) is 5.07. The normalized spacial score (nSPS) is 14.3. The molecule has 1 heterocycles. The van der Waals surface area contributed by atoms with E-state index in [0.717, 1.165) is 30.4 Å². The van der Waals surface area contributed by atoms with Crippen LogP contribution in [0.4, 0.5) is 11.5 Å². The Balaban J connectivity index is 1.86. The lowest BCUT2D eigenvalue weighted by Crippen LogP contribution is -2.44. The van der Waals surface area contributed by atoms with E-state index in [1.54, 1.807) is 31.4 Å². The molecule has 8 heteroatoms. The summed E-state index contributed by atoms with van der Waals surface area (Å²) in [4.78, 5) is 37.6. The number of methoxy groups -OCH3 is 1. The number of nitrogens with one attached hydrogen (secondary N) is 1. The maximum atomic E-state index is 12.7. The molecule has 0 aliphatic heterocycles. The van der Waals surface area contributed by atoms with Crippen LogP contribution < -0.4 is 22.4 Å². The number of carbonyl (C=O) groups excluding carboxylic acids is 1. The van der Waals surface area contributed by atoms with Gasteiger partial charge in [0.1, 0.15) is 5.82 Å². The maximum Gasteiger partial charge on any atom is 0.351 e. The van der Waals surface area contributed by atoms with Gasteiger partial charge < -0.3 is 10.5 Å². The summed E-state index contributed by atoms with van der Waals surface area (Å²) in [5.74, 6) is 0.282. The van der Waals surface area contributed by atoms with Crippen molar-refractivity contribution in [1.29, 1.82) is 0 Å². The maximum absolute atomic E-state index is 12.7. The predicted octanol–water partition coefficient (Wildman–Crippen LogP) is 1.88. The van der Waals surface area contributed by atoms with Crippen LogP contribution in [0, 0.1) is 5.92 Å². The SMILES string of the molecule is COCCCn1c(N)cc(=O)n(Nc2cccc(C(=O)C3CCCC3)c2)c1=O. The molecule has 1 aliphatic carbocycles. The number of hydrogen-bond acceptors (Lipinski definition) is 6. The van der Waals surface area contributed by atoms with Gasteiger partial charge in [-0.15, -0.1) is 0 Å². The fourth-order valence-corrected chi connectivity index (χ4v) is 3.58. The number of ether oxygens (including phenoxy) is 1. The molecule has 2 aromatic rings. The Hall–Kier alpha value is -2.87. The molecule has 0 spiro atoms. The zero-order valence-electron chi connectivity index (χ0n) is 16.0. The minimum Gasteiger partial charge on any atom is -0.385 e. The lowest BCUT2D eigenvalue weighted by atomic mass is 9.96. The van der Waals surface area contributed by atoms with Crippen molar-refractivity contribution in [3.05, 3.63) is 56.7 Å². The molecular formula is C20H26N4O4. The van der Waals surface area contributed by atoms with Gasteiger partial charge in [-0.25, -0.2) is 4.79 Å². The highest BCUT2D eigenvalue weighted by molar-refractivity contribution is 5.98. The Morgan fingerprint density at radius 2 is 2.00 bits per heavy atom. The zero-order valence-corrected chi connectivity index (χ0v) is 16.0. The number of Topliss-reactive ketones (excluding diaryl/α,β-unsaturated/α-hetero) is 1. The smallest absolute Gasteiger partial charge is 0.351 e. The van der Waals surface area contributed by atoms with Crippen molar-refractivity contribution in [2.24, 2.45) is 5.92 Å². The third kappa shape index (κ3) is 4.33. The lowest BCUT2D eigenvalue weighted by Gasteiger charge is -2.15. The van der Waals surface area contributed by atoms with Crippen LogP contribution in [0.15, 0.2) is 39.9 Å². The Kier molecular flexibility index (Phi) is 6.30. The molecule has 8 nitrogen and oxygen atoms in total. The van der Waals surface area contributed by atoms with Crippen LogP contribution in [0.5, 0.6) is 0 Å². The molecule has 150 valence electrons. The van der Waals surface area contributed by atoms with Gasteiger partial charge in [-0.2, -0.15) is 4.68 Å². The summed E-state index contributed by atoms with van der Waals surface area (Å²) in [6.07, 6.45) is 4.58. The Labute approximate surface area is 162 Å². The minimum atomic E-state index is -0.561. The Bertz CT molecular complexity index is 957. The summed E-state index contributed by atoms with van der Waals surface area (Å²) in [7, 11) is 1.58. The van der Waals surface area contributed by atoms with Crippen LogP contribution in [0.3, 0.4) is 0 Å². The van der Waals surface area contributed by atoms with Gasteiger partial charge in [-0.05, 0) is 31.4 Å². The van der Waals surface area contributed by atoms with Crippen LogP contribution >= 0.6 is 0 Å². The number of anilines is 2. The second-order valence-electron chi connectivity index (χ2n) is 7.06. The molecular weight excluding hydrogens is 360 g/mol. The number of hydrogen-bond donors (Lipinski definition) is 2. The van der Waals surface area contributed by atoms with E-state index in [1.807, 2.05) is 0 Å². The molecule has 0 atom stereocenters. The number of nitrogens with zero attached hydrogens (tertiary/aromatic N) is 2. The van der Waals surface area contributed by atoms with Crippen molar-refractivity contribution in [2.75, 3.05) is 24.9 Å². The first-order chi connectivity index (χ1) is 13.5. The summed E-state index contributed by atoms with van der Waals surface area (Å²) >= 11 is 0. The van der Waals surface area contributed by atoms with Crippen LogP contribution in [0.2, 0.25) is 0 Å². The second kappa shape index (κ2) is 8.88. The van der Waals surface area contributed by atoms with Crippen LogP contribution in [-0.2, 0) is 11.3 Å². The summed E-state index contributed by atoms with van der Waals surface area (Å²) in [5.41, 5.74) is 8.61. The molecule has 0 amide bonds. The standard InChI is InChI=1S/C20H26N4O4/c1-28-11-5-10-23-17(21)13-18(25)24(20(23)27)22-16-9-4-8-15(12-16)19(26)14-6-2-3-7-14/h4,8-9,12-14,22H,2-3,5-7,10-11,21H2,1H3. The average molecular weight is 386 g/mol. The van der Waals surface area contributed by atoms with Crippen molar-refractivity contribution in [3.63, 3.8) is 0 Å². The number of rotatable bonds is 8. The van der Waals surface area contributed by atoms with Gasteiger partial charge >= 0.3 is 5.69 Å². The van der Waals surface area contributed by atoms with Crippen LogP contribution in [0.1, 0.15) is 42.5 Å². The molecule has 0 radical (unpaired) electrons. The lowest BCUT2D eigenvalue weighted by molar-refractivity contribution is 0.0923. The van der Waals surface area contributed by atoms with E-state index in [1.165, 1.54) is 10.6 Å². The first kappa shape index (κ1) is 19.9. The number of ketones is 1. The number of nitrogens with two attached hydrogens (primary N) is 1. The predicted molar refractivity (Wildman–Crippen MR) is 108 cm³/mol. The van der Waals surface area contributed by atoms with Crippen LogP contribution in [-0.4, -0.2) is 28.7 Å². The van der Waals surface area contributed by atoms with E-state index >= 15 is 0 Å². The van der Waals surface area contributed by atoms with Crippen molar-refractivity contribution in [1.82, 2.24) is 9.24 Å². The monoisotopic (exact) mass is 386 g/mol. The van der Waals surface area contributed by atoms with Gasteiger partial charge in [0.05, 0.1) is 5.69 Å². The molecule has 3 N–H and O–H groups in total. The van der Waals surface area contributed by atoms with E-state index in [2.05, 4.69) is 5.43 Å². The number of carbonyl (C=O) groups is 1. The van der Waals surface area contributed by atoms with E-state index < -0.39 is 11.2 Å². The van der Waals surface area contributed by atoms with Crippen molar-refractivity contribution < 1.29 is 9.53 Å². The molecule has 1 aromatic heterocycles. The molecule has 1 aliphatic rings. The van der Waals surface area contributed by atoms with E-state index in [4.69, 9.17) is 10.5 Å². The quantitative estimate of drug-likeness (QED) is 0.530. The van der Waals surface area contributed by atoms with E-state index in [0.29, 0.717) is 30.8 Å². The Morgan fingerprint density at radius 1 is 1.25 bits per heavy atom. The van der Waals surface area contributed by atoms with E-state index in [9.17, 15) is 14.4 Å². The van der Waals surface area contributed by atoms with Gasteiger partial charge in [0.2, 0.25) is 0 Å². The third-order valence-electron chi connectivity index (χ3n) is 5.07. The highest BCUT2D eigenvalue weighted by Crippen LogP contribution is 2.28. The molecule has 0 saturated heterocycles. The van der Waals surface area contributed by atoms with Gasteiger partial charge in [0, 0.05) is 37.8 Å². The summed E-state index contributed by atoms with van der Waals surface area (Å²) in [6, 6.07) is 8.10. The zero-order chi connectivity index (χ0) is 20.1. The van der Waals surface area contributed by atoms with E-state index in [-0.39, 0.29) is 17.5 Å². The van der Waals surface area contributed by atoms with Gasteiger partial charge in [0.15, 0.2) is 5.78 Å². The van der Waals surface area contributed by atoms with Gasteiger partial charge in [-0.3, -0.25) is 19.6 Å². The molecule has 28 heavy (non-hydrogen) atoms. The van der Waals surface area contributed by atoms with Crippen molar-refractivity contribution in [3.8, 4) is 0 Å². The first-order valence-electron chi connectivity index (χ1n) is 9.54. The first-order valence-corrected chi connectivity index (χ1v) is 9.54. The molecule has 0 bridgehead atoms. The number of aromatic nitrogens is 2. The fourth-order valence-electron chi connectivity index (χ4n) is 3.58. The van der Waals surface area contributed by atoms with Crippen LogP contribution in [0.25, 0.3) is 0 Å². The van der Waals surface area contributed by atoms with Gasteiger partial charge in [0.25, 0.3) is 5.56 Å². The molecule has 1 saturated carbocycles. The molecule has 1 fully saturated rings. The second-order valence-corrected chi connectivity index (χ2v) is 7.06. The van der Waals surface area contributed by atoms with Crippen molar-refractivity contribution in [2.45, 2.75) is 38.6 Å². The molecule has 1 aromatic carbocycles. The highest BCUT2D eigenvalue weighted by Gasteiger charge is 2.23. The number of benzene rings is 1. The minimum absolute atomic E-state index is 0.0625. The number of nitrogen functional groups attached to an aromatic ring is 1. The largest absolute Gasteiger partial charge is 0.385 e. The summed E-state index contributed by atoms with van der Waals surface area (Å²) in [5, 5.41) is 0. The topological polar surface area (TPSA) is 108 Å². The average Bonchev–Trinajstić information content (AvgIpc) is 3.22. The summed E-state index contributed by atoms with van der Waals surface area (Å²) in [6.45, 7) is 0.810. The highest BCUT2D eigenvalue weighted by atomic mass is 16.5. The molecule has 3 rings (SSSR count). The fraction of sp³-hybridized carbons (Fsp3) is 0.450. The molecule has 0 unspecified atom stereocenters.